The highest BCUT2D eigenvalue weighted by atomic mass is 19.1. The molecule has 0 aromatic heterocycles. The molecule has 0 saturated heterocycles. The summed E-state index contributed by atoms with van der Waals surface area (Å²) in [6.45, 7) is 0. The quantitative estimate of drug-likeness (QED) is 0.933. The van der Waals surface area contributed by atoms with Gasteiger partial charge in [-0.1, -0.05) is 6.07 Å². The van der Waals surface area contributed by atoms with Crippen molar-refractivity contribution in [2.75, 3.05) is 24.3 Å². The van der Waals surface area contributed by atoms with Crippen molar-refractivity contribution in [1.29, 1.82) is 0 Å². The van der Waals surface area contributed by atoms with Crippen molar-refractivity contribution in [1.82, 2.24) is 0 Å². The summed E-state index contributed by atoms with van der Waals surface area (Å²) in [5.41, 5.74) is 0.854. The van der Waals surface area contributed by atoms with E-state index in [4.69, 9.17) is 0 Å². The van der Waals surface area contributed by atoms with Crippen LogP contribution < -0.4 is 10.2 Å². The third-order valence-corrected chi connectivity index (χ3v) is 2.83. The summed E-state index contributed by atoms with van der Waals surface area (Å²) >= 11 is 0. The minimum Gasteiger partial charge on any atom is -0.378 e. The van der Waals surface area contributed by atoms with E-state index in [2.05, 4.69) is 5.32 Å². The van der Waals surface area contributed by atoms with Crippen LogP contribution in [0.25, 0.3) is 0 Å². The Morgan fingerprint density at radius 3 is 2.05 bits per heavy atom. The Kier molecular flexibility index (Phi) is 3.98. The van der Waals surface area contributed by atoms with Gasteiger partial charge in [-0.05, 0) is 36.4 Å². The molecule has 0 fully saturated rings. The van der Waals surface area contributed by atoms with Crippen molar-refractivity contribution in [3.63, 3.8) is 0 Å². The number of carbonyl (C=O) groups excluding carboxylic acids is 1. The molecule has 2 aromatic rings. The Balaban J connectivity index is 2.19. The maximum Gasteiger partial charge on any atom is 0.261 e. The Hall–Kier alpha value is -2.43. The van der Waals surface area contributed by atoms with E-state index in [-0.39, 0.29) is 0 Å². The van der Waals surface area contributed by atoms with E-state index < -0.39 is 23.1 Å². The fraction of sp³-hybridized carbons (Fsp3) is 0.133. The van der Waals surface area contributed by atoms with Crippen molar-refractivity contribution in [3.8, 4) is 0 Å². The van der Waals surface area contributed by atoms with Crippen molar-refractivity contribution in [2.45, 2.75) is 0 Å². The van der Waals surface area contributed by atoms with Crippen LogP contribution >= 0.6 is 0 Å². The average molecular weight is 276 g/mol. The lowest BCUT2D eigenvalue weighted by Crippen LogP contribution is -2.16. The third kappa shape index (κ3) is 2.93. The molecular weight excluding hydrogens is 262 g/mol. The van der Waals surface area contributed by atoms with Gasteiger partial charge in [-0.15, -0.1) is 0 Å². The molecule has 0 saturated carbocycles. The van der Waals surface area contributed by atoms with Gasteiger partial charge in [0.2, 0.25) is 0 Å². The normalized spacial score (nSPS) is 10.2. The molecule has 0 unspecified atom stereocenters. The molecule has 0 heterocycles. The molecule has 0 aliphatic rings. The number of hydrogen-bond acceptors (Lipinski definition) is 2. The van der Waals surface area contributed by atoms with Gasteiger partial charge in [0, 0.05) is 25.5 Å². The molecule has 20 heavy (non-hydrogen) atoms. The standard InChI is InChI=1S/C15H14F2N2O/c1-19(2)11-8-6-10(7-9-11)18-15(20)14-12(16)4-3-5-13(14)17/h3-9H,1-2H3,(H,18,20). The number of anilines is 2. The predicted molar refractivity (Wildman–Crippen MR) is 75.1 cm³/mol. The molecular formula is C15H14F2N2O. The van der Waals surface area contributed by atoms with Crippen LogP contribution in [0.4, 0.5) is 20.2 Å². The second-order valence-electron chi connectivity index (χ2n) is 4.49. The molecule has 0 spiro atoms. The van der Waals surface area contributed by atoms with Crippen LogP contribution in [0.1, 0.15) is 10.4 Å². The first-order valence-corrected chi connectivity index (χ1v) is 6.02. The number of carbonyl (C=O) groups is 1. The topological polar surface area (TPSA) is 32.3 Å². The SMILES string of the molecule is CN(C)c1ccc(NC(=O)c2c(F)cccc2F)cc1. The number of nitrogens with one attached hydrogen (secondary N) is 1. The highest BCUT2D eigenvalue weighted by Gasteiger charge is 2.16. The fourth-order valence-corrected chi connectivity index (χ4v) is 1.75. The van der Waals surface area contributed by atoms with E-state index in [1.807, 2.05) is 19.0 Å². The first kappa shape index (κ1) is 14.0. The van der Waals surface area contributed by atoms with Gasteiger partial charge in [0.05, 0.1) is 0 Å². The van der Waals surface area contributed by atoms with Crippen LogP contribution in [-0.2, 0) is 0 Å². The maximum absolute atomic E-state index is 13.5. The third-order valence-electron chi connectivity index (χ3n) is 2.83. The van der Waals surface area contributed by atoms with E-state index >= 15 is 0 Å². The highest BCUT2D eigenvalue weighted by molar-refractivity contribution is 6.04. The number of nitrogens with zero attached hydrogens (tertiary/aromatic N) is 1. The fourth-order valence-electron chi connectivity index (χ4n) is 1.75. The van der Waals surface area contributed by atoms with E-state index in [9.17, 15) is 13.6 Å². The van der Waals surface area contributed by atoms with Crippen molar-refractivity contribution >= 4 is 17.3 Å². The minimum absolute atomic E-state index is 0.475. The molecule has 104 valence electrons. The van der Waals surface area contributed by atoms with Gasteiger partial charge >= 0.3 is 0 Å². The number of halogens is 2. The van der Waals surface area contributed by atoms with Crippen LogP contribution in [0.2, 0.25) is 0 Å². The summed E-state index contributed by atoms with van der Waals surface area (Å²) in [5, 5.41) is 2.47. The van der Waals surface area contributed by atoms with E-state index in [1.165, 1.54) is 6.07 Å². The van der Waals surface area contributed by atoms with Crippen LogP contribution in [-0.4, -0.2) is 20.0 Å². The van der Waals surface area contributed by atoms with Crippen molar-refractivity contribution < 1.29 is 13.6 Å². The van der Waals surface area contributed by atoms with E-state index in [0.29, 0.717) is 5.69 Å². The summed E-state index contributed by atoms with van der Waals surface area (Å²) in [6.07, 6.45) is 0. The molecule has 0 aliphatic carbocycles. The lowest BCUT2D eigenvalue weighted by atomic mass is 10.1. The molecule has 0 atom stereocenters. The Labute approximate surface area is 115 Å². The van der Waals surface area contributed by atoms with Gasteiger partial charge in [-0.25, -0.2) is 8.78 Å². The lowest BCUT2D eigenvalue weighted by Gasteiger charge is -2.13. The molecule has 2 aromatic carbocycles. The van der Waals surface area contributed by atoms with Crippen LogP contribution in [0.15, 0.2) is 42.5 Å². The van der Waals surface area contributed by atoms with Gasteiger partial charge in [-0.3, -0.25) is 4.79 Å². The second kappa shape index (κ2) is 5.69. The number of benzene rings is 2. The smallest absolute Gasteiger partial charge is 0.261 e. The van der Waals surface area contributed by atoms with Crippen LogP contribution in [0, 0.1) is 11.6 Å². The molecule has 5 heteroatoms. The molecule has 2 rings (SSSR count). The van der Waals surface area contributed by atoms with Gasteiger partial charge in [0.1, 0.15) is 17.2 Å². The number of rotatable bonds is 3. The number of amides is 1. The van der Waals surface area contributed by atoms with Crippen LogP contribution in [0.3, 0.4) is 0 Å². The largest absolute Gasteiger partial charge is 0.378 e. The van der Waals surface area contributed by atoms with Crippen molar-refractivity contribution in [3.05, 3.63) is 59.7 Å². The average Bonchev–Trinajstić information content (AvgIpc) is 2.39. The van der Waals surface area contributed by atoms with E-state index in [1.54, 1.807) is 24.3 Å². The zero-order valence-electron chi connectivity index (χ0n) is 11.2. The van der Waals surface area contributed by atoms with E-state index in [0.717, 1.165) is 17.8 Å². The monoisotopic (exact) mass is 276 g/mol. The summed E-state index contributed by atoms with van der Waals surface area (Å²) in [5.74, 6) is -2.57. The molecule has 3 nitrogen and oxygen atoms in total. The molecule has 0 aliphatic heterocycles. The molecule has 1 amide bonds. The maximum atomic E-state index is 13.5. The summed E-state index contributed by atoms with van der Waals surface area (Å²) < 4.78 is 26.9. The molecule has 1 N–H and O–H groups in total. The molecule has 0 bridgehead atoms. The second-order valence-corrected chi connectivity index (χ2v) is 4.49. The minimum atomic E-state index is -0.882. The zero-order valence-corrected chi connectivity index (χ0v) is 11.2. The Morgan fingerprint density at radius 1 is 1.00 bits per heavy atom. The van der Waals surface area contributed by atoms with Crippen molar-refractivity contribution in [2.24, 2.45) is 0 Å². The lowest BCUT2D eigenvalue weighted by molar-refractivity contribution is 0.101. The van der Waals surface area contributed by atoms with Crippen LogP contribution in [0.5, 0.6) is 0 Å². The zero-order chi connectivity index (χ0) is 14.7. The van der Waals surface area contributed by atoms with Gasteiger partial charge in [0.15, 0.2) is 0 Å². The highest BCUT2D eigenvalue weighted by Crippen LogP contribution is 2.18. The summed E-state index contributed by atoms with van der Waals surface area (Å²) in [6, 6.07) is 10.3. The van der Waals surface area contributed by atoms with Gasteiger partial charge in [-0.2, -0.15) is 0 Å². The number of hydrogen-bond donors (Lipinski definition) is 1. The van der Waals surface area contributed by atoms with Gasteiger partial charge < -0.3 is 10.2 Å². The van der Waals surface area contributed by atoms with Gasteiger partial charge in [0.25, 0.3) is 5.91 Å². The summed E-state index contributed by atoms with van der Waals surface area (Å²) in [4.78, 5) is 13.8. The first-order valence-electron chi connectivity index (χ1n) is 6.02. The predicted octanol–water partition coefficient (Wildman–Crippen LogP) is 3.28. The Bertz CT molecular complexity index is 604. The summed E-state index contributed by atoms with van der Waals surface area (Å²) in [7, 11) is 3.78. The molecule has 0 radical (unpaired) electrons. The Morgan fingerprint density at radius 2 is 1.55 bits per heavy atom. The first-order chi connectivity index (χ1) is 9.49.